The van der Waals surface area contributed by atoms with Gasteiger partial charge in [-0.15, -0.1) is 11.3 Å². The maximum absolute atomic E-state index is 5.92. The third-order valence-electron chi connectivity index (χ3n) is 3.96. The van der Waals surface area contributed by atoms with Crippen LogP contribution < -0.4 is 11.1 Å². The van der Waals surface area contributed by atoms with Crippen molar-refractivity contribution < 1.29 is 0 Å². The van der Waals surface area contributed by atoms with Crippen LogP contribution in [0.4, 0.5) is 5.69 Å². The minimum atomic E-state index is 0.678. The smallest absolute Gasteiger partial charge is 0.0468 e. The normalized spacial score (nSPS) is 19.4. The van der Waals surface area contributed by atoms with E-state index in [9.17, 15) is 0 Å². The number of nitrogens with one attached hydrogen (secondary N) is 1. The SMILES string of the molecule is CCC(NCc1sccc1N)C1CCCCC1. The molecule has 0 amide bonds. The first kappa shape index (κ1) is 12.9. The molecule has 1 aromatic heterocycles. The van der Waals surface area contributed by atoms with E-state index in [1.807, 2.05) is 6.07 Å². The second-order valence-corrected chi connectivity index (χ2v) is 6.09. The minimum absolute atomic E-state index is 0.678. The van der Waals surface area contributed by atoms with Crippen LogP contribution in [0.15, 0.2) is 11.4 Å². The zero-order chi connectivity index (χ0) is 12.1. The third-order valence-corrected chi connectivity index (χ3v) is 4.90. The van der Waals surface area contributed by atoms with Gasteiger partial charge in [-0.25, -0.2) is 0 Å². The highest BCUT2D eigenvalue weighted by Crippen LogP contribution is 2.28. The Morgan fingerprint density at radius 1 is 1.41 bits per heavy atom. The van der Waals surface area contributed by atoms with E-state index >= 15 is 0 Å². The highest BCUT2D eigenvalue weighted by atomic mass is 32.1. The van der Waals surface area contributed by atoms with Crippen LogP contribution in [0, 0.1) is 5.92 Å². The first-order chi connectivity index (χ1) is 8.31. The Morgan fingerprint density at radius 2 is 2.18 bits per heavy atom. The fraction of sp³-hybridized carbons (Fsp3) is 0.714. The summed E-state index contributed by atoms with van der Waals surface area (Å²) >= 11 is 1.76. The number of nitrogen functional groups attached to an aromatic ring is 1. The van der Waals surface area contributed by atoms with E-state index < -0.39 is 0 Å². The summed E-state index contributed by atoms with van der Waals surface area (Å²) in [6.07, 6.45) is 8.32. The van der Waals surface area contributed by atoms with Crippen molar-refractivity contribution in [2.24, 2.45) is 5.92 Å². The van der Waals surface area contributed by atoms with Gasteiger partial charge in [0.25, 0.3) is 0 Å². The van der Waals surface area contributed by atoms with Gasteiger partial charge in [0.1, 0.15) is 0 Å². The molecule has 1 aliphatic carbocycles. The van der Waals surface area contributed by atoms with Crippen molar-refractivity contribution in [3.63, 3.8) is 0 Å². The summed E-state index contributed by atoms with van der Waals surface area (Å²) in [4.78, 5) is 1.29. The molecule has 1 fully saturated rings. The zero-order valence-electron chi connectivity index (χ0n) is 10.7. The van der Waals surface area contributed by atoms with Gasteiger partial charge < -0.3 is 11.1 Å². The van der Waals surface area contributed by atoms with Crippen LogP contribution in [0.25, 0.3) is 0 Å². The molecule has 1 aliphatic rings. The average Bonchev–Trinajstić information content (AvgIpc) is 2.77. The Morgan fingerprint density at radius 3 is 2.76 bits per heavy atom. The molecule has 3 heteroatoms. The van der Waals surface area contributed by atoms with E-state index in [1.54, 1.807) is 11.3 Å². The summed E-state index contributed by atoms with van der Waals surface area (Å²) in [5.74, 6) is 0.884. The van der Waals surface area contributed by atoms with Crippen LogP contribution in [0.3, 0.4) is 0 Å². The lowest BCUT2D eigenvalue weighted by molar-refractivity contribution is 0.262. The predicted octanol–water partition coefficient (Wildman–Crippen LogP) is 3.78. The zero-order valence-corrected chi connectivity index (χ0v) is 11.6. The van der Waals surface area contributed by atoms with Crippen LogP contribution in [0.2, 0.25) is 0 Å². The highest BCUT2D eigenvalue weighted by molar-refractivity contribution is 7.10. The summed E-state index contributed by atoms with van der Waals surface area (Å²) in [5.41, 5.74) is 6.86. The van der Waals surface area contributed by atoms with Crippen molar-refractivity contribution in [1.82, 2.24) is 5.32 Å². The summed E-state index contributed by atoms with van der Waals surface area (Å²) in [5, 5.41) is 5.79. The summed E-state index contributed by atoms with van der Waals surface area (Å²) in [6.45, 7) is 3.24. The minimum Gasteiger partial charge on any atom is -0.398 e. The Labute approximate surface area is 109 Å². The van der Waals surface area contributed by atoms with Crippen LogP contribution in [0.1, 0.15) is 50.3 Å². The van der Waals surface area contributed by atoms with Gasteiger partial charge >= 0.3 is 0 Å². The van der Waals surface area contributed by atoms with Crippen LogP contribution >= 0.6 is 11.3 Å². The van der Waals surface area contributed by atoms with Gasteiger partial charge in [-0.2, -0.15) is 0 Å². The van der Waals surface area contributed by atoms with E-state index in [1.165, 1.54) is 43.4 Å². The molecule has 1 aromatic rings. The van der Waals surface area contributed by atoms with Gasteiger partial charge in [0.15, 0.2) is 0 Å². The van der Waals surface area contributed by atoms with Crippen molar-refractivity contribution in [1.29, 1.82) is 0 Å². The molecule has 2 rings (SSSR count). The topological polar surface area (TPSA) is 38.0 Å². The molecule has 0 aromatic carbocycles. The number of nitrogens with two attached hydrogens (primary N) is 1. The molecule has 96 valence electrons. The van der Waals surface area contributed by atoms with Crippen LogP contribution in [-0.2, 0) is 6.54 Å². The van der Waals surface area contributed by atoms with E-state index in [-0.39, 0.29) is 0 Å². The molecule has 0 spiro atoms. The molecule has 1 saturated carbocycles. The maximum atomic E-state index is 5.92. The van der Waals surface area contributed by atoms with Gasteiger partial charge in [-0.05, 0) is 36.6 Å². The standard InChI is InChI=1S/C14H24N2S/c1-2-13(11-6-4-3-5-7-11)16-10-14-12(15)8-9-17-14/h8-9,11,13,16H,2-7,10,15H2,1H3. The molecule has 0 radical (unpaired) electrons. The van der Waals surface area contributed by atoms with Crippen molar-refractivity contribution in [3.8, 4) is 0 Å². The molecular formula is C14H24N2S. The first-order valence-electron chi connectivity index (χ1n) is 6.86. The second-order valence-electron chi connectivity index (χ2n) is 5.09. The summed E-state index contributed by atoms with van der Waals surface area (Å²) in [6, 6.07) is 2.68. The van der Waals surface area contributed by atoms with Gasteiger partial charge in [0, 0.05) is 23.2 Å². The molecule has 3 N–H and O–H groups in total. The Bertz CT molecular complexity index is 329. The number of thiophene rings is 1. The summed E-state index contributed by atoms with van der Waals surface area (Å²) in [7, 11) is 0. The molecule has 0 bridgehead atoms. The first-order valence-corrected chi connectivity index (χ1v) is 7.74. The van der Waals surface area contributed by atoms with Crippen LogP contribution in [-0.4, -0.2) is 6.04 Å². The number of hydrogen-bond donors (Lipinski definition) is 2. The van der Waals surface area contributed by atoms with E-state index in [2.05, 4.69) is 17.6 Å². The Balaban J connectivity index is 1.84. The number of hydrogen-bond acceptors (Lipinski definition) is 3. The molecular weight excluding hydrogens is 228 g/mol. The molecule has 17 heavy (non-hydrogen) atoms. The fourth-order valence-electron chi connectivity index (χ4n) is 2.90. The maximum Gasteiger partial charge on any atom is 0.0468 e. The Kier molecular flexibility index (Phi) is 4.86. The molecule has 0 saturated heterocycles. The molecule has 1 unspecified atom stereocenters. The predicted molar refractivity (Wildman–Crippen MR) is 76.2 cm³/mol. The second kappa shape index (κ2) is 6.41. The summed E-state index contributed by atoms with van der Waals surface area (Å²) < 4.78 is 0. The van der Waals surface area contributed by atoms with E-state index in [4.69, 9.17) is 5.73 Å². The fourth-order valence-corrected chi connectivity index (χ4v) is 3.65. The largest absolute Gasteiger partial charge is 0.398 e. The average molecular weight is 252 g/mol. The molecule has 1 heterocycles. The van der Waals surface area contributed by atoms with Crippen molar-refractivity contribution in [2.45, 2.75) is 58.0 Å². The number of rotatable bonds is 5. The van der Waals surface area contributed by atoms with Gasteiger partial charge in [0.05, 0.1) is 0 Å². The molecule has 2 nitrogen and oxygen atoms in total. The molecule has 1 atom stereocenters. The monoisotopic (exact) mass is 252 g/mol. The molecule has 0 aliphatic heterocycles. The third kappa shape index (κ3) is 3.46. The van der Waals surface area contributed by atoms with Gasteiger partial charge in [-0.3, -0.25) is 0 Å². The van der Waals surface area contributed by atoms with Crippen LogP contribution in [0.5, 0.6) is 0 Å². The lowest BCUT2D eigenvalue weighted by atomic mass is 9.83. The quantitative estimate of drug-likeness (QED) is 0.837. The lowest BCUT2D eigenvalue weighted by Crippen LogP contribution is -2.36. The van der Waals surface area contributed by atoms with Crippen molar-refractivity contribution in [2.75, 3.05) is 5.73 Å². The van der Waals surface area contributed by atoms with E-state index in [0.717, 1.165) is 18.2 Å². The van der Waals surface area contributed by atoms with Crippen molar-refractivity contribution in [3.05, 3.63) is 16.3 Å². The van der Waals surface area contributed by atoms with E-state index in [0.29, 0.717) is 6.04 Å². The van der Waals surface area contributed by atoms with Crippen molar-refractivity contribution >= 4 is 17.0 Å². The van der Waals surface area contributed by atoms with Gasteiger partial charge in [-0.1, -0.05) is 26.2 Å². The van der Waals surface area contributed by atoms with Gasteiger partial charge in [0.2, 0.25) is 0 Å². The lowest BCUT2D eigenvalue weighted by Gasteiger charge is -2.30. The Hall–Kier alpha value is -0.540. The highest BCUT2D eigenvalue weighted by Gasteiger charge is 2.21. The number of anilines is 1.